The molecule has 1 saturated heterocycles. The van der Waals surface area contributed by atoms with Crippen LogP contribution in [0.1, 0.15) is 29.2 Å². The number of likely N-dealkylation sites (N-methyl/N-ethyl adjacent to an activating group) is 1. The minimum atomic E-state index is -0.771. The van der Waals surface area contributed by atoms with Crippen molar-refractivity contribution >= 4 is 23.1 Å². The van der Waals surface area contributed by atoms with Crippen molar-refractivity contribution in [3.63, 3.8) is 0 Å². The van der Waals surface area contributed by atoms with E-state index in [0.29, 0.717) is 62.0 Å². The van der Waals surface area contributed by atoms with Gasteiger partial charge in [-0.1, -0.05) is 42.5 Å². The van der Waals surface area contributed by atoms with Crippen molar-refractivity contribution in [2.75, 3.05) is 45.4 Å². The Bertz CT molecular complexity index is 1390. The van der Waals surface area contributed by atoms with Crippen LogP contribution < -0.4 is 14.4 Å². The minimum Gasteiger partial charge on any atom is -0.507 e. The van der Waals surface area contributed by atoms with Gasteiger partial charge in [0.1, 0.15) is 30.5 Å². The van der Waals surface area contributed by atoms with Gasteiger partial charge in [0.15, 0.2) is 0 Å². The Balaban J connectivity index is 1.53. The molecule has 1 amide bonds. The molecule has 2 aliphatic rings. The Hall–Kier alpha value is -4.30. The predicted molar refractivity (Wildman–Crippen MR) is 148 cm³/mol. The molecule has 3 aromatic carbocycles. The van der Waals surface area contributed by atoms with E-state index in [-0.39, 0.29) is 11.3 Å². The molecule has 0 radical (unpaired) electrons. The van der Waals surface area contributed by atoms with Gasteiger partial charge in [0.25, 0.3) is 11.7 Å². The van der Waals surface area contributed by atoms with E-state index < -0.39 is 17.7 Å². The van der Waals surface area contributed by atoms with Crippen molar-refractivity contribution in [3.05, 3.63) is 95.1 Å². The first-order chi connectivity index (χ1) is 19.0. The quantitative estimate of drug-likeness (QED) is 0.189. The number of carbonyl (C=O) groups is 2. The zero-order chi connectivity index (χ0) is 27.4. The SMILES string of the molecule is COCCCN1C(=O)C(=O)/C(=C(\O)c2ccc3c(c2)N(C)CCO3)C1c1cccc(OCc2ccccc2)c1. The van der Waals surface area contributed by atoms with E-state index in [1.807, 2.05) is 66.5 Å². The van der Waals surface area contributed by atoms with Crippen molar-refractivity contribution in [3.8, 4) is 11.5 Å². The second kappa shape index (κ2) is 11.6. The van der Waals surface area contributed by atoms with E-state index in [1.165, 1.54) is 4.90 Å². The maximum Gasteiger partial charge on any atom is 0.295 e. The summed E-state index contributed by atoms with van der Waals surface area (Å²) in [7, 11) is 3.54. The highest BCUT2D eigenvalue weighted by molar-refractivity contribution is 6.46. The van der Waals surface area contributed by atoms with Gasteiger partial charge >= 0.3 is 0 Å². The zero-order valence-electron chi connectivity index (χ0n) is 22.1. The number of aliphatic hydroxyl groups excluding tert-OH is 1. The molecule has 1 unspecified atom stereocenters. The van der Waals surface area contributed by atoms with Crippen LogP contribution in [0.3, 0.4) is 0 Å². The summed E-state index contributed by atoms with van der Waals surface area (Å²) < 4.78 is 16.9. The number of aliphatic hydroxyl groups is 1. The fourth-order valence-electron chi connectivity index (χ4n) is 5.01. The molecule has 5 rings (SSSR count). The number of anilines is 1. The number of methoxy groups -OCH3 is 1. The molecule has 0 saturated carbocycles. The summed E-state index contributed by atoms with van der Waals surface area (Å²) >= 11 is 0. The van der Waals surface area contributed by atoms with E-state index in [0.717, 1.165) is 11.3 Å². The van der Waals surface area contributed by atoms with Crippen LogP contribution in [0.15, 0.2) is 78.4 Å². The molecular formula is C31H32N2O6. The van der Waals surface area contributed by atoms with Gasteiger partial charge in [-0.25, -0.2) is 0 Å². The number of ketones is 1. The molecule has 0 aliphatic carbocycles. The van der Waals surface area contributed by atoms with Crippen LogP contribution in [0.2, 0.25) is 0 Å². The van der Waals surface area contributed by atoms with Crippen molar-refractivity contribution in [1.82, 2.24) is 4.90 Å². The summed E-state index contributed by atoms with van der Waals surface area (Å²) in [6, 6.07) is 21.7. The van der Waals surface area contributed by atoms with Crippen molar-refractivity contribution < 1.29 is 28.9 Å². The highest BCUT2D eigenvalue weighted by Gasteiger charge is 2.46. The van der Waals surface area contributed by atoms with Crippen LogP contribution in [0.5, 0.6) is 11.5 Å². The number of rotatable bonds is 9. The summed E-state index contributed by atoms with van der Waals surface area (Å²) in [4.78, 5) is 30.2. The molecule has 8 nitrogen and oxygen atoms in total. The van der Waals surface area contributed by atoms with Crippen LogP contribution in [-0.2, 0) is 20.9 Å². The number of ether oxygens (including phenoxy) is 3. The van der Waals surface area contributed by atoms with Gasteiger partial charge in [0, 0.05) is 32.9 Å². The fraction of sp³-hybridized carbons (Fsp3) is 0.290. The lowest BCUT2D eigenvalue weighted by Gasteiger charge is -2.28. The number of hydrogen-bond donors (Lipinski definition) is 1. The molecule has 2 heterocycles. The third-order valence-corrected chi connectivity index (χ3v) is 7.04. The van der Waals surface area contributed by atoms with Crippen molar-refractivity contribution in [1.29, 1.82) is 0 Å². The number of fused-ring (bicyclic) bond motifs is 1. The number of likely N-dealkylation sites (tertiary alicyclic amines) is 1. The Morgan fingerprint density at radius 2 is 1.87 bits per heavy atom. The second-order valence-corrected chi connectivity index (χ2v) is 9.64. The Kier molecular flexibility index (Phi) is 7.84. The van der Waals surface area contributed by atoms with E-state index in [2.05, 4.69) is 0 Å². The van der Waals surface area contributed by atoms with Crippen LogP contribution >= 0.6 is 0 Å². The van der Waals surface area contributed by atoms with Gasteiger partial charge in [-0.2, -0.15) is 0 Å². The van der Waals surface area contributed by atoms with Crippen LogP contribution in [0, 0.1) is 0 Å². The number of carbonyl (C=O) groups excluding carboxylic acids is 2. The summed E-state index contributed by atoms with van der Waals surface area (Å²) in [5.41, 5.74) is 3.01. The third-order valence-electron chi connectivity index (χ3n) is 7.04. The van der Waals surface area contributed by atoms with Gasteiger partial charge in [-0.05, 0) is 47.9 Å². The van der Waals surface area contributed by atoms with Crippen molar-refractivity contribution in [2.45, 2.75) is 19.1 Å². The van der Waals surface area contributed by atoms with Gasteiger partial charge in [0.05, 0.1) is 23.8 Å². The molecule has 1 N–H and O–H groups in total. The molecule has 8 heteroatoms. The Labute approximate surface area is 228 Å². The molecule has 2 aliphatic heterocycles. The average Bonchev–Trinajstić information content (AvgIpc) is 3.22. The normalized spacial score (nSPS) is 18.2. The maximum atomic E-state index is 13.4. The first-order valence-corrected chi connectivity index (χ1v) is 13.0. The largest absolute Gasteiger partial charge is 0.507 e. The van der Waals surface area contributed by atoms with E-state index in [9.17, 15) is 14.7 Å². The monoisotopic (exact) mass is 528 g/mol. The topological polar surface area (TPSA) is 88.5 Å². The maximum absolute atomic E-state index is 13.4. The summed E-state index contributed by atoms with van der Waals surface area (Å²) in [6.45, 7) is 2.40. The molecule has 39 heavy (non-hydrogen) atoms. The summed E-state index contributed by atoms with van der Waals surface area (Å²) in [6.07, 6.45) is 0.547. The standard InChI is InChI=1S/C31H32N2O6/c1-32-15-17-38-26-13-12-23(19-25(26)32)29(34)27-28(33(14-7-16-37-2)31(36)30(27)35)22-10-6-11-24(18-22)39-20-21-8-4-3-5-9-21/h3-6,8-13,18-19,28,34H,7,14-17,20H2,1-2H3/b29-27-. The lowest BCUT2D eigenvalue weighted by Crippen LogP contribution is -2.31. The summed E-state index contributed by atoms with van der Waals surface area (Å²) in [5.74, 6) is -0.268. The highest BCUT2D eigenvalue weighted by Crippen LogP contribution is 2.42. The molecule has 1 atom stereocenters. The van der Waals surface area contributed by atoms with E-state index >= 15 is 0 Å². The molecule has 0 bridgehead atoms. The van der Waals surface area contributed by atoms with Crippen LogP contribution in [-0.4, -0.2) is 62.2 Å². The zero-order valence-corrected chi connectivity index (χ0v) is 22.1. The van der Waals surface area contributed by atoms with Gasteiger partial charge in [-0.3, -0.25) is 9.59 Å². The smallest absolute Gasteiger partial charge is 0.295 e. The molecule has 0 aromatic heterocycles. The van der Waals surface area contributed by atoms with Crippen LogP contribution in [0.25, 0.3) is 5.76 Å². The predicted octanol–water partition coefficient (Wildman–Crippen LogP) is 4.55. The molecule has 202 valence electrons. The van der Waals surface area contributed by atoms with Gasteiger partial charge in [-0.15, -0.1) is 0 Å². The minimum absolute atomic E-state index is 0.0527. The second-order valence-electron chi connectivity index (χ2n) is 9.64. The number of hydrogen-bond acceptors (Lipinski definition) is 7. The van der Waals surface area contributed by atoms with Crippen LogP contribution in [0.4, 0.5) is 5.69 Å². The molecule has 0 spiro atoms. The van der Waals surface area contributed by atoms with Gasteiger partial charge < -0.3 is 29.1 Å². The summed E-state index contributed by atoms with van der Waals surface area (Å²) in [5, 5.41) is 11.5. The first-order valence-electron chi connectivity index (χ1n) is 13.0. The number of Topliss-reactive ketones (excluding diaryl/α,β-unsaturated/α-hetero) is 1. The Morgan fingerprint density at radius 1 is 1.05 bits per heavy atom. The number of nitrogens with zero attached hydrogens (tertiary/aromatic N) is 2. The third kappa shape index (κ3) is 5.47. The lowest BCUT2D eigenvalue weighted by molar-refractivity contribution is -0.140. The highest BCUT2D eigenvalue weighted by atomic mass is 16.5. The fourth-order valence-corrected chi connectivity index (χ4v) is 5.01. The lowest BCUT2D eigenvalue weighted by atomic mass is 9.94. The molecule has 1 fully saturated rings. The molecule has 3 aromatic rings. The number of benzene rings is 3. The van der Waals surface area contributed by atoms with E-state index in [1.54, 1.807) is 25.3 Å². The molecular weight excluding hydrogens is 496 g/mol. The average molecular weight is 529 g/mol. The van der Waals surface area contributed by atoms with E-state index in [4.69, 9.17) is 14.2 Å². The first kappa shape index (κ1) is 26.3. The van der Waals surface area contributed by atoms with Crippen molar-refractivity contribution in [2.24, 2.45) is 0 Å². The Morgan fingerprint density at radius 3 is 2.67 bits per heavy atom. The number of amides is 1. The van der Waals surface area contributed by atoms with Gasteiger partial charge in [0.2, 0.25) is 0 Å².